The van der Waals surface area contributed by atoms with Crippen molar-refractivity contribution in [1.29, 1.82) is 0 Å². The Balaban J connectivity index is 0.00000235. The molecule has 13 heteroatoms. The summed E-state index contributed by atoms with van der Waals surface area (Å²) in [4.78, 5) is 39.0. The second-order valence-electron chi connectivity index (χ2n) is 8.01. The molecule has 12 nitrogen and oxygen atoms in total. The lowest BCUT2D eigenvalue weighted by molar-refractivity contribution is -0.147. The SMILES string of the molecule is CC.CCNC(=O)C(OC)OP[C@H](C)n1cnc2c(N)nc(C#CCN3CCC(C(=O)OC)CC3)nc21. The molecule has 1 fully saturated rings. The maximum atomic E-state index is 12.0. The fraction of sp³-hybridized carbons (Fsp3) is 0.625. The van der Waals surface area contributed by atoms with Crippen molar-refractivity contribution in [2.45, 2.75) is 52.6 Å². The number of hydrogen-bond donors (Lipinski definition) is 2. The molecule has 0 saturated carbocycles. The third-order valence-electron chi connectivity index (χ3n) is 5.62. The highest BCUT2D eigenvalue weighted by Crippen LogP contribution is 2.34. The molecule has 1 aliphatic rings. The maximum absolute atomic E-state index is 12.0. The molecular formula is C24H38N7O5P. The highest BCUT2D eigenvalue weighted by Gasteiger charge is 2.25. The summed E-state index contributed by atoms with van der Waals surface area (Å²) in [6.45, 7) is 10.3. The van der Waals surface area contributed by atoms with Gasteiger partial charge in [-0.3, -0.25) is 14.5 Å². The van der Waals surface area contributed by atoms with Gasteiger partial charge in [-0.25, -0.2) is 15.0 Å². The predicted molar refractivity (Wildman–Crippen MR) is 143 cm³/mol. The molecule has 2 aromatic heterocycles. The quantitative estimate of drug-likeness (QED) is 0.211. The summed E-state index contributed by atoms with van der Waals surface area (Å²) in [5.41, 5.74) is 7.12. The molecule has 1 saturated heterocycles. The first-order valence-electron chi connectivity index (χ1n) is 12.4. The average molecular weight is 536 g/mol. The number of nitrogen functional groups attached to an aromatic ring is 1. The topological polar surface area (TPSA) is 147 Å². The van der Waals surface area contributed by atoms with Gasteiger partial charge >= 0.3 is 5.97 Å². The Morgan fingerprint density at radius 1 is 1.27 bits per heavy atom. The molecule has 1 amide bonds. The van der Waals surface area contributed by atoms with E-state index in [1.54, 1.807) is 6.33 Å². The fourth-order valence-corrected chi connectivity index (χ4v) is 4.51. The van der Waals surface area contributed by atoms with Gasteiger partial charge in [0.1, 0.15) is 5.52 Å². The van der Waals surface area contributed by atoms with E-state index in [9.17, 15) is 9.59 Å². The lowest BCUT2D eigenvalue weighted by atomic mass is 9.97. The van der Waals surface area contributed by atoms with Crippen LogP contribution in [0, 0.1) is 17.8 Å². The van der Waals surface area contributed by atoms with E-state index in [2.05, 4.69) is 37.0 Å². The van der Waals surface area contributed by atoms with Gasteiger partial charge < -0.3 is 29.6 Å². The first kappa shape index (κ1) is 30.4. The van der Waals surface area contributed by atoms with E-state index in [0.717, 1.165) is 25.9 Å². The maximum Gasteiger partial charge on any atom is 0.308 e. The number of hydrogen-bond acceptors (Lipinski definition) is 10. The van der Waals surface area contributed by atoms with Crippen LogP contribution < -0.4 is 11.1 Å². The number of likely N-dealkylation sites (N-methyl/N-ethyl adjacent to an activating group) is 1. The monoisotopic (exact) mass is 535 g/mol. The van der Waals surface area contributed by atoms with Crippen LogP contribution in [0.5, 0.6) is 0 Å². The van der Waals surface area contributed by atoms with Crippen molar-refractivity contribution in [2.75, 3.05) is 46.1 Å². The van der Waals surface area contributed by atoms with Crippen LogP contribution in [0.4, 0.5) is 5.82 Å². The lowest BCUT2D eigenvalue weighted by Crippen LogP contribution is -2.36. The Hall–Kier alpha value is -2.84. The number of fused-ring (bicyclic) bond motifs is 1. The summed E-state index contributed by atoms with van der Waals surface area (Å²) >= 11 is 0. The third kappa shape index (κ3) is 8.33. The molecule has 3 N–H and O–H groups in total. The van der Waals surface area contributed by atoms with Crippen molar-refractivity contribution in [1.82, 2.24) is 29.7 Å². The number of carbonyl (C=O) groups is 2. The molecule has 1 aliphatic heterocycles. The first-order valence-corrected chi connectivity index (χ1v) is 13.4. The first-order chi connectivity index (χ1) is 17.9. The number of esters is 1. The van der Waals surface area contributed by atoms with Crippen LogP contribution >= 0.6 is 8.81 Å². The number of methoxy groups -OCH3 is 2. The van der Waals surface area contributed by atoms with Gasteiger partial charge in [0, 0.05) is 22.5 Å². The van der Waals surface area contributed by atoms with Crippen LogP contribution in [0.3, 0.4) is 0 Å². The third-order valence-corrected chi connectivity index (χ3v) is 6.58. The Labute approximate surface area is 219 Å². The van der Waals surface area contributed by atoms with Crippen LogP contribution in [0.2, 0.25) is 0 Å². The molecule has 0 aliphatic carbocycles. The molecular weight excluding hydrogens is 497 g/mol. The summed E-state index contributed by atoms with van der Waals surface area (Å²) in [5.74, 6) is 5.93. The molecule has 0 aromatic carbocycles. The summed E-state index contributed by atoms with van der Waals surface area (Å²) < 4.78 is 17.5. The van der Waals surface area contributed by atoms with Gasteiger partial charge in [0.2, 0.25) is 12.1 Å². The minimum absolute atomic E-state index is 0.0399. The standard InChI is InChI=1S/C22H32N7O5P.C2H6/c1-5-24-20(30)22(33-4)34-35-14(2)29-13-25-17-18(23)26-16(27-19(17)29)7-6-10-28-11-8-15(9-12-28)21(31)32-3;1-2/h13-15,22,35H,5,8-12H2,1-4H3,(H,24,30)(H2,23,26,27);1-2H3/t14-,22?;/m1./s1. The Bertz CT molecular complexity index is 1090. The van der Waals surface area contributed by atoms with Crippen molar-refractivity contribution in [3.63, 3.8) is 0 Å². The number of nitrogens with zero attached hydrogens (tertiary/aromatic N) is 5. The zero-order valence-corrected chi connectivity index (χ0v) is 23.4. The number of nitrogens with two attached hydrogens (primary N) is 1. The number of ether oxygens (including phenoxy) is 2. The van der Waals surface area contributed by atoms with Crippen LogP contribution in [-0.2, 0) is 23.6 Å². The molecule has 2 aromatic rings. The molecule has 37 heavy (non-hydrogen) atoms. The van der Waals surface area contributed by atoms with E-state index in [1.165, 1.54) is 14.2 Å². The summed E-state index contributed by atoms with van der Waals surface area (Å²) in [6, 6.07) is 0. The minimum Gasteiger partial charge on any atom is -0.469 e. The number of rotatable bonds is 9. The van der Waals surface area contributed by atoms with Crippen molar-refractivity contribution in [3.05, 3.63) is 12.2 Å². The number of carbonyl (C=O) groups excluding carboxylic acids is 2. The highest BCUT2D eigenvalue weighted by atomic mass is 31.1. The van der Waals surface area contributed by atoms with E-state index in [0.29, 0.717) is 30.1 Å². The molecule has 3 atom stereocenters. The van der Waals surface area contributed by atoms with Crippen LogP contribution in [0.1, 0.15) is 52.1 Å². The summed E-state index contributed by atoms with van der Waals surface area (Å²) in [5, 5.41) is 2.67. The second-order valence-corrected chi connectivity index (χ2v) is 9.31. The fourth-order valence-electron chi connectivity index (χ4n) is 3.68. The largest absolute Gasteiger partial charge is 0.469 e. The molecule has 2 unspecified atom stereocenters. The lowest BCUT2D eigenvalue weighted by Gasteiger charge is -2.28. The number of likely N-dealkylation sites (tertiary alicyclic amines) is 1. The van der Waals surface area contributed by atoms with Gasteiger partial charge in [-0.1, -0.05) is 19.8 Å². The van der Waals surface area contributed by atoms with Gasteiger partial charge in [0.05, 0.1) is 31.7 Å². The van der Waals surface area contributed by atoms with Gasteiger partial charge in [0.25, 0.3) is 5.91 Å². The van der Waals surface area contributed by atoms with Crippen molar-refractivity contribution >= 4 is 37.7 Å². The summed E-state index contributed by atoms with van der Waals surface area (Å²) in [7, 11) is 2.74. The summed E-state index contributed by atoms with van der Waals surface area (Å²) in [6.07, 6.45) is 2.14. The molecule has 204 valence electrons. The minimum atomic E-state index is -0.996. The Morgan fingerprint density at radius 3 is 2.59 bits per heavy atom. The average Bonchev–Trinajstić information content (AvgIpc) is 3.35. The van der Waals surface area contributed by atoms with Crippen LogP contribution in [0.15, 0.2) is 6.33 Å². The number of nitrogens with one attached hydrogen (secondary N) is 1. The number of anilines is 1. The van der Waals surface area contributed by atoms with Crippen LogP contribution in [-0.4, -0.2) is 83.0 Å². The Morgan fingerprint density at radius 2 is 1.97 bits per heavy atom. The van der Waals surface area contributed by atoms with Crippen molar-refractivity contribution in [3.8, 4) is 11.8 Å². The molecule has 0 radical (unpaired) electrons. The molecule has 3 rings (SSSR count). The van der Waals surface area contributed by atoms with E-state index in [-0.39, 0.29) is 38.2 Å². The van der Waals surface area contributed by atoms with Gasteiger partial charge in [-0.05, 0) is 45.7 Å². The molecule has 0 spiro atoms. The van der Waals surface area contributed by atoms with E-state index in [4.69, 9.17) is 19.7 Å². The van der Waals surface area contributed by atoms with Crippen molar-refractivity contribution in [2.24, 2.45) is 5.92 Å². The Kier molecular flexibility index (Phi) is 12.7. The molecule has 0 bridgehead atoms. The van der Waals surface area contributed by atoms with Crippen molar-refractivity contribution < 1.29 is 23.6 Å². The molecule has 3 heterocycles. The number of imidazole rings is 1. The second kappa shape index (κ2) is 15.4. The predicted octanol–water partition coefficient (Wildman–Crippen LogP) is 1.91. The zero-order chi connectivity index (χ0) is 27.4. The normalized spacial score (nSPS) is 15.9. The number of amides is 1. The van der Waals surface area contributed by atoms with Crippen LogP contribution in [0.25, 0.3) is 11.2 Å². The number of aromatic nitrogens is 4. The van der Waals surface area contributed by atoms with Gasteiger partial charge in [-0.15, -0.1) is 0 Å². The highest BCUT2D eigenvalue weighted by molar-refractivity contribution is 7.32. The van der Waals surface area contributed by atoms with E-state index >= 15 is 0 Å². The smallest absolute Gasteiger partial charge is 0.308 e. The van der Waals surface area contributed by atoms with Gasteiger partial charge in [0.15, 0.2) is 11.5 Å². The zero-order valence-electron chi connectivity index (χ0n) is 22.4. The number of piperidine rings is 1. The van der Waals surface area contributed by atoms with E-state index in [1.807, 2.05) is 32.3 Å². The van der Waals surface area contributed by atoms with E-state index < -0.39 is 6.29 Å². The van der Waals surface area contributed by atoms with Gasteiger partial charge in [-0.2, -0.15) is 0 Å².